The number of nitrogens with zero attached hydrogens (tertiary/aromatic N) is 1. The Kier molecular flexibility index (Phi) is 6.33. The minimum Gasteiger partial charge on any atom is -0.459 e. The van der Waals surface area contributed by atoms with Gasteiger partial charge in [0.15, 0.2) is 0 Å². The van der Waals surface area contributed by atoms with E-state index in [-0.39, 0.29) is 17.9 Å². The Hall–Kier alpha value is -3.36. The number of carbonyl (C=O) groups is 2. The number of rotatable bonds is 5. The van der Waals surface area contributed by atoms with Crippen LogP contribution in [-0.4, -0.2) is 27.8 Å². The smallest absolute Gasteiger partial charge is 0.338 e. The van der Waals surface area contributed by atoms with Gasteiger partial charge in [-0.2, -0.15) is 0 Å². The molecule has 0 aliphatic rings. The second-order valence-electron chi connectivity index (χ2n) is 8.41. The van der Waals surface area contributed by atoms with E-state index in [0.29, 0.717) is 23.2 Å². The highest BCUT2D eigenvalue weighted by Gasteiger charge is 2.20. The van der Waals surface area contributed by atoms with Crippen LogP contribution < -0.4 is 5.73 Å². The summed E-state index contributed by atoms with van der Waals surface area (Å²) in [7, 11) is 0. The summed E-state index contributed by atoms with van der Waals surface area (Å²) in [4.78, 5) is 25.6. The first-order valence-corrected chi connectivity index (χ1v) is 10.4. The van der Waals surface area contributed by atoms with Crippen LogP contribution in [0.4, 0.5) is 0 Å². The van der Waals surface area contributed by atoms with E-state index >= 15 is 0 Å². The molecule has 2 heterocycles. The molecule has 0 spiro atoms. The molecule has 0 saturated carbocycles. The van der Waals surface area contributed by atoms with E-state index in [1.165, 1.54) is 0 Å². The average molecular weight is 417 g/mol. The van der Waals surface area contributed by atoms with Gasteiger partial charge in [-0.15, -0.1) is 0 Å². The van der Waals surface area contributed by atoms with Crippen LogP contribution in [0.2, 0.25) is 0 Å². The second-order valence-corrected chi connectivity index (χ2v) is 8.41. The maximum atomic E-state index is 13.3. The van der Waals surface area contributed by atoms with Gasteiger partial charge in [0.2, 0.25) is 5.78 Å². The minimum atomic E-state index is -0.574. The van der Waals surface area contributed by atoms with Crippen molar-refractivity contribution in [2.45, 2.75) is 52.7 Å². The number of carbonyl (C=O) groups excluding carboxylic acids is 2. The maximum absolute atomic E-state index is 13.3. The molecule has 5 heteroatoms. The van der Waals surface area contributed by atoms with Gasteiger partial charge in [-0.05, 0) is 82.1 Å². The quantitative estimate of drug-likeness (QED) is 0.380. The minimum absolute atomic E-state index is 0.0759. The van der Waals surface area contributed by atoms with Crippen molar-refractivity contribution >= 4 is 17.3 Å². The molecular weight excluding hydrogens is 388 g/mol. The molecule has 160 valence electrons. The van der Waals surface area contributed by atoms with E-state index in [2.05, 4.69) is 11.8 Å². The normalized spacial score (nSPS) is 11.3. The van der Waals surface area contributed by atoms with Crippen molar-refractivity contribution in [1.29, 1.82) is 0 Å². The van der Waals surface area contributed by atoms with Crippen LogP contribution in [0.5, 0.6) is 0 Å². The molecule has 1 aromatic carbocycles. The number of esters is 1. The Morgan fingerprint density at radius 1 is 1.10 bits per heavy atom. The number of fused-ring (bicyclic) bond motifs is 1. The second kappa shape index (κ2) is 8.79. The van der Waals surface area contributed by atoms with E-state index in [4.69, 9.17) is 10.5 Å². The number of pyridine rings is 1. The summed E-state index contributed by atoms with van der Waals surface area (Å²) in [5, 5.41) is 0. The fraction of sp³-hybridized carbons (Fsp3) is 0.308. The summed E-state index contributed by atoms with van der Waals surface area (Å²) in [6.07, 6.45) is 2.26. The number of hydrogen-bond donors (Lipinski definition) is 1. The molecule has 0 bridgehead atoms. The molecule has 0 saturated heterocycles. The zero-order chi connectivity index (χ0) is 22.8. The lowest BCUT2D eigenvalue weighted by atomic mass is 10.0. The van der Waals surface area contributed by atoms with Crippen molar-refractivity contribution in [3.63, 3.8) is 0 Å². The van der Waals surface area contributed by atoms with Crippen LogP contribution in [0, 0.1) is 11.8 Å². The summed E-state index contributed by atoms with van der Waals surface area (Å²) in [6, 6.07) is 12.6. The van der Waals surface area contributed by atoms with Gasteiger partial charge in [0.25, 0.3) is 0 Å². The Morgan fingerprint density at radius 3 is 2.35 bits per heavy atom. The van der Waals surface area contributed by atoms with E-state index in [1.54, 1.807) is 30.5 Å². The van der Waals surface area contributed by atoms with Crippen LogP contribution >= 0.6 is 0 Å². The van der Waals surface area contributed by atoms with E-state index in [0.717, 1.165) is 16.6 Å². The molecule has 2 N–H and O–H groups in total. The fourth-order valence-corrected chi connectivity index (χ4v) is 3.24. The molecule has 0 fully saturated rings. The highest BCUT2D eigenvalue weighted by molar-refractivity contribution is 6.09. The lowest BCUT2D eigenvalue weighted by Crippen LogP contribution is -2.29. The Bertz CT molecular complexity index is 1180. The van der Waals surface area contributed by atoms with Crippen LogP contribution in [0.1, 0.15) is 72.2 Å². The summed E-state index contributed by atoms with van der Waals surface area (Å²) >= 11 is 0. The monoisotopic (exact) mass is 416 g/mol. The van der Waals surface area contributed by atoms with E-state index < -0.39 is 5.54 Å². The molecule has 0 radical (unpaired) electrons. The largest absolute Gasteiger partial charge is 0.459 e. The first kappa shape index (κ1) is 22.3. The topological polar surface area (TPSA) is 73.8 Å². The number of ether oxygens (including phenoxy) is 1. The van der Waals surface area contributed by atoms with Gasteiger partial charge in [0, 0.05) is 22.8 Å². The number of aryl methyl sites for hydroxylation is 1. The number of aromatic nitrogens is 1. The van der Waals surface area contributed by atoms with Gasteiger partial charge in [0.05, 0.1) is 22.9 Å². The van der Waals surface area contributed by atoms with Crippen LogP contribution in [0.15, 0.2) is 48.7 Å². The Labute approximate surface area is 183 Å². The van der Waals surface area contributed by atoms with Gasteiger partial charge in [-0.3, -0.25) is 4.79 Å². The molecular formula is C26H28N2O3. The van der Waals surface area contributed by atoms with Crippen LogP contribution in [0.25, 0.3) is 5.52 Å². The van der Waals surface area contributed by atoms with Crippen molar-refractivity contribution in [3.8, 4) is 11.8 Å². The van der Waals surface area contributed by atoms with Gasteiger partial charge < -0.3 is 14.9 Å². The summed E-state index contributed by atoms with van der Waals surface area (Å²) < 4.78 is 7.11. The highest BCUT2D eigenvalue weighted by Crippen LogP contribution is 2.23. The number of benzene rings is 1. The molecule has 2 aromatic heterocycles. The number of ketones is 1. The van der Waals surface area contributed by atoms with E-state index in [1.807, 2.05) is 57.2 Å². The number of nitrogens with two attached hydrogens (primary N) is 1. The standard InChI is InChI=1S/C26H28N2O3/c1-6-19-15-22-16-21(25(30)31-17(2)3)12-14-28(22)23(19)24(29)20-9-7-18(8-10-20)11-13-26(4,5)27/h7-10,12,14-17H,6,27H2,1-5H3. The van der Waals surface area contributed by atoms with Crippen molar-refractivity contribution in [2.24, 2.45) is 5.73 Å². The summed E-state index contributed by atoms with van der Waals surface area (Å²) in [6.45, 7) is 9.32. The molecule has 5 nitrogen and oxygen atoms in total. The van der Waals surface area contributed by atoms with Gasteiger partial charge >= 0.3 is 5.97 Å². The Balaban J connectivity index is 1.96. The van der Waals surface area contributed by atoms with Gasteiger partial charge in [-0.25, -0.2) is 4.79 Å². The molecule has 3 aromatic rings. The zero-order valence-electron chi connectivity index (χ0n) is 18.7. The number of hydrogen-bond acceptors (Lipinski definition) is 4. The molecule has 31 heavy (non-hydrogen) atoms. The third kappa shape index (κ3) is 5.22. The van der Waals surface area contributed by atoms with E-state index in [9.17, 15) is 9.59 Å². The Morgan fingerprint density at radius 2 is 1.77 bits per heavy atom. The lowest BCUT2D eigenvalue weighted by molar-refractivity contribution is 0.0378. The third-order valence-electron chi connectivity index (χ3n) is 4.70. The van der Waals surface area contributed by atoms with Crippen molar-refractivity contribution in [3.05, 3.63) is 76.6 Å². The lowest BCUT2D eigenvalue weighted by Gasteiger charge is -2.09. The van der Waals surface area contributed by atoms with Gasteiger partial charge in [-0.1, -0.05) is 18.8 Å². The van der Waals surface area contributed by atoms with Crippen LogP contribution in [0.3, 0.4) is 0 Å². The summed E-state index contributed by atoms with van der Waals surface area (Å²) in [5.41, 5.74) is 9.49. The predicted molar refractivity (Wildman–Crippen MR) is 122 cm³/mol. The van der Waals surface area contributed by atoms with Crippen LogP contribution in [-0.2, 0) is 11.2 Å². The molecule has 0 unspecified atom stereocenters. The molecule has 3 rings (SSSR count). The molecule has 0 aliphatic heterocycles. The van der Waals surface area contributed by atoms with Gasteiger partial charge in [0.1, 0.15) is 0 Å². The zero-order valence-corrected chi connectivity index (χ0v) is 18.7. The first-order chi connectivity index (χ1) is 14.6. The third-order valence-corrected chi connectivity index (χ3v) is 4.70. The summed E-state index contributed by atoms with van der Waals surface area (Å²) in [5.74, 6) is 5.57. The molecule has 0 aliphatic carbocycles. The fourth-order valence-electron chi connectivity index (χ4n) is 3.24. The average Bonchev–Trinajstić information content (AvgIpc) is 3.08. The van der Waals surface area contributed by atoms with Crippen molar-refractivity contribution in [1.82, 2.24) is 4.40 Å². The van der Waals surface area contributed by atoms with Crippen molar-refractivity contribution in [2.75, 3.05) is 0 Å². The van der Waals surface area contributed by atoms with Crippen molar-refractivity contribution < 1.29 is 14.3 Å². The molecule has 0 amide bonds. The SMILES string of the molecule is CCc1cc2cc(C(=O)OC(C)C)ccn2c1C(=O)c1ccc(C#CC(C)(C)N)cc1. The predicted octanol–water partition coefficient (Wildman–Crippen LogP) is 4.39. The first-order valence-electron chi connectivity index (χ1n) is 10.4. The highest BCUT2D eigenvalue weighted by atomic mass is 16.5. The maximum Gasteiger partial charge on any atom is 0.338 e. The molecule has 0 atom stereocenters.